The zero-order valence-corrected chi connectivity index (χ0v) is 11.6. The van der Waals surface area contributed by atoms with Gasteiger partial charge in [-0.1, -0.05) is 11.6 Å². The number of thioether (sulfide) groups is 1. The van der Waals surface area contributed by atoms with Crippen molar-refractivity contribution in [1.82, 2.24) is 0 Å². The van der Waals surface area contributed by atoms with Crippen molar-refractivity contribution in [2.45, 2.75) is 0 Å². The van der Waals surface area contributed by atoms with E-state index in [1.54, 1.807) is 36.4 Å². The standard InChI is InChI=1S/C14H8ClNO3S/c15-10-1-3-11(4-2-10)16-13(17)12(20-14(16)18)7-9-5-6-19-8-9/h1-8H/b12-7+. The van der Waals surface area contributed by atoms with Gasteiger partial charge in [-0.15, -0.1) is 0 Å². The Balaban J connectivity index is 1.93. The van der Waals surface area contributed by atoms with Gasteiger partial charge in [0.2, 0.25) is 0 Å². The largest absolute Gasteiger partial charge is 0.472 e. The summed E-state index contributed by atoms with van der Waals surface area (Å²) >= 11 is 6.70. The van der Waals surface area contributed by atoms with Crippen molar-refractivity contribution in [2.75, 3.05) is 4.90 Å². The minimum Gasteiger partial charge on any atom is -0.472 e. The van der Waals surface area contributed by atoms with Gasteiger partial charge in [0.15, 0.2) is 0 Å². The fourth-order valence-corrected chi connectivity index (χ4v) is 2.76. The molecule has 2 amide bonds. The summed E-state index contributed by atoms with van der Waals surface area (Å²) in [5.74, 6) is -0.344. The number of hydrogen-bond donors (Lipinski definition) is 0. The zero-order valence-electron chi connectivity index (χ0n) is 10.1. The van der Waals surface area contributed by atoms with Crippen LogP contribution < -0.4 is 4.90 Å². The molecule has 1 aromatic carbocycles. The Morgan fingerprint density at radius 1 is 1.15 bits per heavy atom. The molecule has 20 heavy (non-hydrogen) atoms. The summed E-state index contributed by atoms with van der Waals surface area (Å²) in [6, 6.07) is 8.27. The molecule has 1 fully saturated rings. The number of carbonyl (C=O) groups is 2. The summed E-state index contributed by atoms with van der Waals surface area (Å²) in [5.41, 5.74) is 1.25. The highest BCUT2D eigenvalue weighted by molar-refractivity contribution is 8.19. The SMILES string of the molecule is O=C1S/C(=C/c2ccoc2)C(=O)N1c1ccc(Cl)cc1. The Labute approximate surface area is 124 Å². The third-order valence-corrected chi connectivity index (χ3v) is 3.84. The van der Waals surface area contributed by atoms with Crippen molar-refractivity contribution in [2.24, 2.45) is 0 Å². The van der Waals surface area contributed by atoms with E-state index in [0.717, 1.165) is 22.2 Å². The van der Waals surface area contributed by atoms with E-state index in [9.17, 15) is 9.59 Å². The lowest BCUT2D eigenvalue weighted by Gasteiger charge is -2.11. The maximum Gasteiger partial charge on any atom is 0.298 e. The number of halogens is 1. The number of amides is 2. The lowest BCUT2D eigenvalue weighted by Crippen LogP contribution is -2.27. The molecule has 100 valence electrons. The summed E-state index contributed by atoms with van der Waals surface area (Å²) in [4.78, 5) is 25.8. The second kappa shape index (κ2) is 5.19. The molecule has 0 spiro atoms. The molecule has 0 atom stereocenters. The Bertz CT molecular complexity index is 692. The van der Waals surface area contributed by atoms with Crippen LogP contribution in [0.1, 0.15) is 5.56 Å². The second-order valence-electron chi connectivity index (χ2n) is 4.05. The van der Waals surface area contributed by atoms with E-state index in [-0.39, 0.29) is 11.1 Å². The molecule has 0 aliphatic carbocycles. The van der Waals surface area contributed by atoms with E-state index in [1.807, 2.05) is 0 Å². The topological polar surface area (TPSA) is 50.5 Å². The maximum atomic E-state index is 12.3. The first-order chi connectivity index (χ1) is 9.65. The Hall–Kier alpha value is -1.98. The summed E-state index contributed by atoms with van der Waals surface area (Å²) in [6.07, 6.45) is 4.65. The van der Waals surface area contributed by atoms with Crippen LogP contribution >= 0.6 is 23.4 Å². The molecule has 0 saturated carbocycles. The predicted octanol–water partition coefficient (Wildman–Crippen LogP) is 4.17. The van der Waals surface area contributed by atoms with Gasteiger partial charge < -0.3 is 4.42 Å². The van der Waals surface area contributed by atoms with Crippen molar-refractivity contribution in [3.8, 4) is 0 Å². The molecule has 0 radical (unpaired) electrons. The van der Waals surface area contributed by atoms with E-state index >= 15 is 0 Å². The first-order valence-electron chi connectivity index (χ1n) is 5.71. The first-order valence-corrected chi connectivity index (χ1v) is 6.90. The molecule has 0 unspecified atom stereocenters. The van der Waals surface area contributed by atoms with Gasteiger partial charge in [-0.05, 0) is 48.2 Å². The van der Waals surface area contributed by atoms with Crippen LogP contribution in [0.4, 0.5) is 10.5 Å². The van der Waals surface area contributed by atoms with Gasteiger partial charge in [0.25, 0.3) is 11.1 Å². The Morgan fingerprint density at radius 2 is 1.90 bits per heavy atom. The van der Waals surface area contributed by atoms with Crippen LogP contribution in [-0.4, -0.2) is 11.1 Å². The van der Waals surface area contributed by atoms with Crippen LogP contribution in [0, 0.1) is 0 Å². The number of furan rings is 1. The fourth-order valence-electron chi connectivity index (χ4n) is 1.79. The lowest BCUT2D eigenvalue weighted by molar-refractivity contribution is -0.113. The van der Waals surface area contributed by atoms with E-state index in [4.69, 9.17) is 16.0 Å². The van der Waals surface area contributed by atoms with Gasteiger partial charge in [0.1, 0.15) is 0 Å². The van der Waals surface area contributed by atoms with Crippen LogP contribution in [0.3, 0.4) is 0 Å². The third-order valence-electron chi connectivity index (χ3n) is 2.72. The lowest BCUT2D eigenvalue weighted by atomic mass is 10.2. The average molecular weight is 306 g/mol. The molecule has 6 heteroatoms. The number of hydrogen-bond acceptors (Lipinski definition) is 4. The van der Waals surface area contributed by atoms with Crippen molar-refractivity contribution in [3.05, 3.63) is 58.3 Å². The van der Waals surface area contributed by atoms with Crippen LogP contribution in [0.25, 0.3) is 6.08 Å². The summed E-state index contributed by atoms with van der Waals surface area (Å²) < 4.78 is 4.93. The molecule has 1 aromatic heterocycles. The fraction of sp³-hybridized carbons (Fsp3) is 0. The summed E-state index contributed by atoms with van der Waals surface area (Å²) in [5, 5.41) is 0.224. The molecular weight excluding hydrogens is 298 g/mol. The molecule has 2 heterocycles. The summed E-state index contributed by atoms with van der Waals surface area (Å²) in [7, 11) is 0. The summed E-state index contributed by atoms with van der Waals surface area (Å²) in [6.45, 7) is 0. The highest BCUT2D eigenvalue weighted by Gasteiger charge is 2.36. The van der Waals surface area contributed by atoms with E-state index in [1.165, 1.54) is 12.5 Å². The van der Waals surface area contributed by atoms with Crippen molar-refractivity contribution >= 4 is 46.3 Å². The van der Waals surface area contributed by atoms with Gasteiger partial charge in [-0.3, -0.25) is 9.59 Å². The molecule has 1 saturated heterocycles. The molecule has 2 aromatic rings. The quantitative estimate of drug-likeness (QED) is 0.781. The van der Waals surface area contributed by atoms with Crippen LogP contribution in [0.15, 0.2) is 52.2 Å². The van der Waals surface area contributed by atoms with Crippen molar-refractivity contribution < 1.29 is 14.0 Å². The van der Waals surface area contributed by atoms with Crippen molar-refractivity contribution in [1.29, 1.82) is 0 Å². The normalized spacial score (nSPS) is 17.2. The van der Waals surface area contributed by atoms with Gasteiger partial charge in [-0.2, -0.15) is 0 Å². The maximum absolute atomic E-state index is 12.3. The van der Waals surface area contributed by atoms with E-state index in [0.29, 0.717) is 15.6 Å². The minimum atomic E-state index is -0.344. The zero-order chi connectivity index (χ0) is 14.1. The number of carbonyl (C=O) groups excluding carboxylic acids is 2. The number of benzene rings is 1. The van der Waals surface area contributed by atoms with Crippen LogP contribution in [0.5, 0.6) is 0 Å². The smallest absolute Gasteiger partial charge is 0.298 e. The van der Waals surface area contributed by atoms with Crippen LogP contribution in [0.2, 0.25) is 5.02 Å². The van der Waals surface area contributed by atoms with Crippen molar-refractivity contribution in [3.63, 3.8) is 0 Å². The number of imide groups is 1. The molecule has 1 aliphatic heterocycles. The molecule has 3 rings (SSSR count). The highest BCUT2D eigenvalue weighted by atomic mass is 35.5. The minimum absolute atomic E-state index is 0.327. The molecule has 4 nitrogen and oxygen atoms in total. The number of anilines is 1. The Kier molecular flexibility index (Phi) is 3.38. The van der Waals surface area contributed by atoms with Crippen LogP contribution in [-0.2, 0) is 4.79 Å². The number of nitrogens with zero attached hydrogens (tertiary/aromatic N) is 1. The number of rotatable bonds is 2. The van der Waals surface area contributed by atoms with Gasteiger partial charge in [-0.25, -0.2) is 4.90 Å². The van der Waals surface area contributed by atoms with Gasteiger partial charge >= 0.3 is 0 Å². The van der Waals surface area contributed by atoms with E-state index in [2.05, 4.69) is 0 Å². The second-order valence-corrected chi connectivity index (χ2v) is 5.48. The molecule has 1 aliphatic rings. The molecular formula is C14H8ClNO3S. The predicted molar refractivity (Wildman–Crippen MR) is 78.6 cm³/mol. The van der Waals surface area contributed by atoms with Gasteiger partial charge in [0.05, 0.1) is 23.1 Å². The first kappa shape index (κ1) is 13.0. The molecule has 0 bridgehead atoms. The molecule has 0 N–H and O–H groups in total. The highest BCUT2D eigenvalue weighted by Crippen LogP contribution is 2.35. The van der Waals surface area contributed by atoms with E-state index < -0.39 is 0 Å². The third kappa shape index (κ3) is 2.37. The van der Waals surface area contributed by atoms with Gasteiger partial charge in [0, 0.05) is 10.6 Å². The Morgan fingerprint density at radius 3 is 2.55 bits per heavy atom. The monoisotopic (exact) mass is 305 g/mol. The average Bonchev–Trinajstić information content (AvgIpc) is 3.02.